The number of nitrogens with one attached hydrogen (secondary N) is 1. The number of anilines is 1. The molecule has 0 atom stereocenters. The maximum absolute atomic E-state index is 13.2. The first-order valence-electron chi connectivity index (χ1n) is 9.47. The Bertz CT molecular complexity index is 1530. The van der Waals surface area contributed by atoms with E-state index in [4.69, 9.17) is 16.3 Å². The summed E-state index contributed by atoms with van der Waals surface area (Å²) >= 11 is 7.39. The van der Waals surface area contributed by atoms with Crippen molar-refractivity contribution in [2.75, 3.05) is 12.4 Å². The van der Waals surface area contributed by atoms with E-state index in [1.54, 1.807) is 7.11 Å². The van der Waals surface area contributed by atoms with Crippen LogP contribution in [0, 0.1) is 0 Å². The highest BCUT2D eigenvalue weighted by Gasteiger charge is 2.27. The molecule has 0 fully saturated rings. The Morgan fingerprint density at radius 1 is 1.09 bits per heavy atom. The number of sulfone groups is 1. The Labute approximate surface area is 192 Å². The normalized spacial score (nSPS) is 11.8. The van der Waals surface area contributed by atoms with Gasteiger partial charge in [-0.15, -0.1) is 16.4 Å². The van der Waals surface area contributed by atoms with Gasteiger partial charge in [0, 0.05) is 11.6 Å². The number of ether oxygens (including phenoxy) is 1. The van der Waals surface area contributed by atoms with E-state index in [9.17, 15) is 8.42 Å². The molecule has 1 N–H and O–H groups in total. The second kappa shape index (κ2) is 8.05. The second-order valence-electron chi connectivity index (χ2n) is 6.88. The number of hydrogen-bond donors (Lipinski definition) is 1. The molecule has 3 heterocycles. The minimum atomic E-state index is -3.94. The maximum Gasteiger partial charge on any atom is 0.229 e. The van der Waals surface area contributed by atoms with Crippen molar-refractivity contribution in [1.82, 2.24) is 19.8 Å². The minimum absolute atomic E-state index is 0.0734. The van der Waals surface area contributed by atoms with Gasteiger partial charge in [0.05, 0.1) is 22.2 Å². The van der Waals surface area contributed by atoms with Crippen molar-refractivity contribution in [3.63, 3.8) is 0 Å². The van der Waals surface area contributed by atoms with Crippen LogP contribution in [-0.2, 0) is 16.4 Å². The van der Waals surface area contributed by atoms with Crippen LogP contribution >= 0.6 is 22.9 Å². The summed E-state index contributed by atoms with van der Waals surface area (Å²) in [5, 5.41) is 13.5. The molecule has 0 aliphatic heterocycles. The minimum Gasteiger partial charge on any atom is -0.497 e. The van der Waals surface area contributed by atoms with Gasteiger partial charge in [-0.3, -0.25) is 0 Å². The van der Waals surface area contributed by atoms with Gasteiger partial charge >= 0.3 is 0 Å². The van der Waals surface area contributed by atoms with Gasteiger partial charge in [-0.05, 0) is 53.4 Å². The first-order valence-corrected chi connectivity index (χ1v) is 12.2. The second-order valence-corrected chi connectivity index (χ2v) is 10.1. The van der Waals surface area contributed by atoms with Crippen molar-refractivity contribution in [2.24, 2.45) is 0 Å². The fourth-order valence-electron chi connectivity index (χ4n) is 3.27. The fraction of sp³-hybridized carbons (Fsp3) is 0.0952. The van der Waals surface area contributed by atoms with Gasteiger partial charge in [-0.1, -0.05) is 28.9 Å². The third-order valence-corrected chi connectivity index (χ3v) is 7.75. The smallest absolute Gasteiger partial charge is 0.229 e. The number of benzene rings is 2. The van der Waals surface area contributed by atoms with Crippen LogP contribution in [0.1, 0.15) is 5.56 Å². The zero-order valence-electron chi connectivity index (χ0n) is 16.7. The molecular formula is C21H16ClN5O3S2. The third kappa shape index (κ3) is 3.56. The van der Waals surface area contributed by atoms with E-state index in [2.05, 4.69) is 20.6 Å². The lowest BCUT2D eigenvalue weighted by Gasteiger charge is -2.09. The molecule has 2 aromatic carbocycles. The summed E-state index contributed by atoms with van der Waals surface area (Å²) in [6.45, 7) is 0.501. The van der Waals surface area contributed by atoms with Crippen LogP contribution in [-0.4, -0.2) is 35.3 Å². The maximum atomic E-state index is 13.2. The monoisotopic (exact) mass is 485 g/mol. The molecule has 0 aliphatic carbocycles. The number of methoxy groups -OCH3 is 1. The molecular weight excluding hydrogens is 470 g/mol. The number of fused-ring (bicyclic) bond motifs is 3. The molecule has 32 heavy (non-hydrogen) atoms. The summed E-state index contributed by atoms with van der Waals surface area (Å²) in [4.78, 5) is 4.67. The Kier molecular flexibility index (Phi) is 5.20. The predicted molar refractivity (Wildman–Crippen MR) is 123 cm³/mol. The summed E-state index contributed by atoms with van der Waals surface area (Å²) in [6.07, 6.45) is 0. The van der Waals surface area contributed by atoms with Crippen molar-refractivity contribution in [2.45, 2.75) is 16.5 Å². The molecule has 162 valence electrons. The van der Waals surface area contributed by atoms with E-state index in [1.165, 1.54) is 40.1 Å². The summed E-state index contributed by atoms with van der Waals surface area (Å²) in [6, 6.07) is 15.4. The number of nitrogens with zero attached hydrogens (tertiary/aromatic N) is 4. The zero-order chi connectivity index (χ0) is 22.3. The first kappa shape index (κ1) is 20.7. The molecule has 0 spiro atoms. The van der Waals surface area contributed by atoms with Crippen molar-refractivity contribution in [1.29, 1.82) is 0 Å². The highest BCUT2D eigenvalue weighted by atomic mass is 35.5. The third-order valence-electron chi connectivity index (χ3n) is 4.92. The zero-order valence-corrected chi connectivity index (χ0v) is 19.1. The van der Waals surface area contributed by atoms with Crippen molar-refractivity contribution < 1.29 is 13.2 Å². The molecule has 0 saturated heterocycles. The van der Waals surface area contributed by atoms with E-state index >= 15 is 0 Å². The van der Waals surface area contributed by atoms with Crippen molar-refractivity contribution >= 4 is 54.5 Å². The Morgan fingerprint density at radius 3 is 2.56 bits per heavy atom. The van der Waals surface area contributed by atoms with Gasteiger partial charge in [-0.25, -0.2) is 13.4 Å². The molecule has 0 amide bonds. The first-order chi connectivity index (χ1) is 15.5. The standard InChI is InChI=1S/C21H16ClN5O3S2/c1-30-15-6-2-13(3-7-15)12-23-19-18-17(10-11-31-18)27-20(24-19)21(25-26-27)32(28,29)16-8-4-14(22)5-9-16/h2-11H,12H2,1H3,(H,23,24). The fourth-order valence-corrected chi connectivity index (χ4v) is 5.47. The lowest BCUT2D eigenvalue weighted by Crippen LogP contribution is -2.06. The molecule has 0 bridgehead atoms. The average Bonchev–Trinajstić information content (AvgIpc) is 3.45. The van der Waals surface area contributed by atoms with Gasteiger partial charge in [0.25, 0.3) is 0 Å². The van der Waals surface area contributed by atoms with Crippen molar-refractivity contribution in [3.8, 4) is 5.75 Å². The summed E-state index contributed by atoms with van der Waals surface area (Å²) in [5.41, 5.74) is 1.91. The molecule has 5 aromatic rings. The van der Waals surface area contributed by atoms with Gasteiger partial charge in [0.15, 0.2) is 5.65 Å². The largest absolute Gasteiger partial charge is 0.497 e. The molecule has 0 saturated carbocycles. The van der Waals surface area contributed by atoms with Crippen molar-refractivity contribution in [3.05, 3.63) is 70.6 Å². The Hall–Kier alpha value is -3.21. The molecule has 8 nitrogen and oxygen atoms in total. The van der Waals surface area contributed by atoms with E-state index in [1.807, 2.05) is 35.7 Å². The Morgan fingerprint density at radius 2 is 1.84 bits per heavy atom. The average molecular weight is 486 g/mol. The molecule has 0 radical (unpaired) electrons. The highest BCUT2D eigenvalue weighted by Crippen LogP contribution is 2.31. The van der Waals surface area contributed by atoms with E-state index in [-0.39, 0.29) is 15.6 Å². The quantitative estimate of drug-likeness (QED) is 0.379. The summed E-state index contributed by atoms with van der Waals surface area (Å²) in [5.74, 6) is 1.34. The van der Waals surface area contributed by atoms with Crippen LogP contribution < -0.4 is 10.1 Å². The molecule has 0 aliphatic rings. The van der Waals surface area contributed by atoms with E-state index < -0.39 is 9.84 Å². The number of aromatic nitrogens is 4. The number of thiophene rings is 1. The SMILES string of the molecule is COc1ccc(CNc2nc3c(S(=O)(=O)c4ccc(Cl)cc4)nnn3c3ccsc23)cc1. The van der Waals surface area contributed by atoms with Gasteiger partial charge in [0.2, 0.25) is 14.9 Å². The van der Waals surface area contributed by atoms with Crippen LogP contribution in [0.4, 0.5) is 5.82 Å². The van der Waals surface area contributed by atoms with Crippen LogP contribution in [0.5, 0.6) is 5.75 Å². The number of hydrogen-bond acceptors (Lipinski definition) is 8. The molecule has 0 unspecified atom stereocenters. The molecule has 5 rings (SSSR count). The van der Waals surface area contributed by atoms with Gasteiger partial charge < -0.3 is 10.1 Å². The topological polar surface area (TPSA) is 98.5 Å². The molecule has 3 aromatic heterocycles. The van der Waals surface area contributed by atoms with E-state index in [0.29, 0.717) is 17.4 Å². The van der Waals surface area contributed by atoms with Gasteiger partial charge in [-0.2, -0.15) is 4.52 Å². The van der Waals surface area contributed by atoms with Crippen LogP contribution in [0.2, 0.25) is 5.02 Å². The summed E-state index contributed by atoms with van der Waals surface area (Å²) < 4.78 is 33.9. The van der Waals surface area contributed by atoms with Crippen LogP contribution in [0.15, 0.2) is 69.9 Å². The Balaban J connectivity index is 1.58. The highest BCUT2D eigenvalue weighted by molar-refractivity contribution is 7.91. The predicted octanol–water partition coefficient (Wildman–Crippen LogP) is 4.45. The summed E-state index contributed by atoms with van der Waals surface area (Å²) in [7, 11) is -2.32. The lowest BCUT2D eigenvalue weighted by molar-refractivity contribution is 0.414. The number of rotatable bonds is 6. The van der Waals surface area contributed by atoms with E-state index in [0.717, 1.165) is 21.5 Å². The van der Waals surface area contributed by atoms with Crippen LogP contribution in [0.3, 0.4) is 0 Å². The molecule has 11 heteroatoms. The van der Waals surface area contributed by atoms with Crippen LogP contribution in [0.25, 0.3) is 15.9 Å². The lowest BCUT2D eigenvalue weighted by atomic mass is 10.2. The number of halogens is 1. The van der Waals surface area contributed by atoms with Gasteiger partial charge in [0.1, 0.15) is 11.6 Å².